The Labute approximate surface area is 142 Å². The molecule has 0 atom stereocenters. The van der Waals surface area contributed by atoms with Crippen LogP contribution in [0.15, 0.2) is 24.3 Å². The maximum Gasteiger partial charge on any atom is 0.337 e. The molecular weight excluding hydrogens is 284 g/mol. The molecule has 0 radical (unpaired) electrons. The van der Waals surface area contributed by atoms with E-state index in [1.807, 2.05) is 24.3 Å². The highest BCUT2D eigenvalue weighted by atomic mass is 16.5. The van der Waals surface area contributed by atoms with Crippen LogP contribution >= 0.6 is 0 Å². The molecule has 0 spiro atoms. The number of hydrogen-bond acceptors (Lipinski definition) is 2. The number of unbranched alkanes of at least 4 members (excludes halogenated alkanes) is 10. The van der Waals surface area contributed by atoms with Gasteiger partial charge in [-0.1, -0.05) is 83.3 Å². The summed E-state index contributed by atoms with van der Waals surface area (Å²) in [7, 11) is 1.42. The lowest BCUT2D eigenvalue weighted by atomic mass is 10.0. The van der Waals surface area contributed by atoms with E-state index in [1.54, 1.807) is 0 Å². The number of hydrogen-bond donors (Lipinski definition) is 0. The van der Waals surface area contributed by atoms with Crippen molar-refractivity contribution in [2.45, 2.75) is 84.0 Å². The Hall–Kier alpha value is -1.31. The fourth-order valence-electron chi connectivity index (χ4n) is 2.92. The Morgan fingerprint density at radius 1 is 0.783 bits per heavy atom. The van der Waals surface area contributed by atoms with Gasteiger partial charge in [0.2, 0.25) is 0 Å². The Morgan fingerprint density at radius 3 is 1.74 bits per heavy atom. The van der Waals surface area contributed by atoms with Crippen LogP contribution < -0.4 is 0 Å². The molecule has 0 aromatic heterocycles. The summed E-state index contributed by atoms with van der Waals surface area (Å²) < 4.78 is 4.71. The molecular formula is C21H34O2. The van der Waals surface area contributed by atoms with Crippen molar-refractivity contribution in [2.24, 2.45) is 0 Å². The second kappa shape index (κ2) is 13.2. The molecule has 0 saturated heterocycles. The molecule has 0 aliphatic heterocycles. The number of carbonyl (C=O) groups is 1. The van der Waals surface area contributed by atoms with E-state index in [-0.39, 0.29) is 5.97 Å². The fraction of sp³-hybridized carbons (Fsp3) is 0.667. The van der Waals surface area contributed by atoms with Crippen molar-refractivity contribution in [1.82, 2.24) is 0 Å². The van der Waals surface area contributed by atoms with Gasteiger partial charge in [-0.3, -0.25) is 0 Å². The van der Waals surface area contributed by atoms with E-state index in [0.717, 1.165) is 6.42 Å². The Kier molecular flexibility index (Phi) is 11.3. The van der Waals surface area contributed by atoms with Crippen molar-refractivity contribution in [3.8, 4) is 0 Å². The van der Waals surface area contributed by atoms with E-state index in [2.05, 4.69) is 6.92 Å². The van der Waals surface area contributed by atoms with Crippen molar-refractivity contribution in [3.05, 3.63) is 35.4 Å². The van der Waals surface area contributed by atoms with Crippen LogP contribution in [0.5, 0.6) is 0 Å². The van der Waals surface area contributed by atoms with Gasteiger partial charge in [-0.25, -0.2) is 4.79 Å². The van der Waals surface area contributed by atoms with E-state index in [9.17, 15) is 4.79 Å². The Balaban J connectivity index is 1.97. The molecule has 2 nitrogen and oxygen atoms in total. The van der Waals surface area contributed by atoms with E-state index < -0.39 is 0 Å². The molecule has 0 bridgehead atoms. The molecule has 0 saturated carbocycles. The van der Waals surface area contributed by atoms with Gasteiger partial charge in [0.05, 0.1) is 12.7 Å². The topological polar surface area (TPSA) is 26.3 Å². The predicted molar refractivity (Wildman–Crippen MR) is 97.9 cm³/mol. The molecule has 0 aliphatic rings. The summed E-state index contributed by atoms with van der Waals surface area (Å²) in [4.78, 5) is 11.4. The Morgan fingerprint density at radius 2 is 1.26 bits per heavy atom. The minimum atomic E-state index is -0.258. The van der Waals surface area contributed by atoms with Gasteiger partial charge < -0.3 is 4.74 Å². The van der Waals surface area contributed by atoms with Crippen molar-refractivity contribution in [2.75, 3.05) is 7.11 Å². The molecule has 0 fully saturated rings. The molecule has 130 valence electrons. The van der Waals surface area contributed by atoms with Crippen LogP contribution in [-0.2, 0) is 11.2 Å². The molecule has 0 N–H and O–H groups in total. The SMILES string of the molecule is CCCCCCCCCCCCCc1ccc(C(=O)OC)cc1. The first kappa shape index (κ1) is 19.7. The lowest BCUT2D eigenvalue weighted by molar-refractivity contribution is 0.0600. The van der Waals surface area contributed by atoms with Gasteiger partial charge >= 0.3 is 5.97 Å². The highest BCUT2D eigenvalue weighted by Gasteiger charge is 2.04. The second-order valence-corrected chi connectivity index (χ2v) is 6.47. The van der Waals surface area contributed by atoms with Crippen molar-refractivity contribution >= 4 is 5.97 Å². The van der Waals surface area contributed by atoms with Gasteiger partial charge in [-0.15, -0.1) is 0 Å². The van der Waals surface area contributed by atoms with Crippen LogP contribution in [-0.4, -0.2) is 13.1 Å². The van der Waals surface area contributed by atoms with Crippen LogP contribution in [0.3, 0.4) is 0 Å². The largest absolute Gasteiger partial charge is 0.465 e. The standard InChI is InChI=1S/C21H34O2/c1-3-4-5-6-7-8-9-10-11-12-13-14-19-15-17-20(18-16-19)21(22)23-2/h15-18H,3-14H2,1-2H3. The highest BCUT2D eigenvalue weighted by molar-refractivity contribution is 5.89. The third kappa shape index (κ3) is 9.43. The van der Waals surface area contributed by atoms with Gasteiger partial charge in [-0.2, -0.15) is 0 Å². The molecule has 0 amide bonds. The molecule has 1 rings (SSSR count). The highest BCUT2D eigenvalue weighted by Crippen LogP contribution is 2.13. The predicted octanol–water partition coefficient (Wildman–Crippen LogP) is 6.33. The quantitative estimate of drug-likeness (QED) is 0.314. The zero-order valence-electron chi connectivity index (χ0n) is 15.1. The summed E-state index contributed by atoms with van der Waals surface area (Å²) in [6.45, 7) is 2.27. The third-order valence-electron chi connectivity index (χ3n) is 4.44. The monoisotopic (exact) mass is 318 g/mol. The molecule has 0 aliphatic carbocycles. The summed E-state index contributed by atoms with van der Waals surface area (Å²) in [5.74, 6) is -0.258. The second-order valence-electron chi connectivity index (χ2n) is 6.47. The van der Waals surface area contributed by atoms with E-state index in [0.29, 0.717) is 5.56 Å². The zero-order valence-corrected chi connectivity index (χ0v) is 15.1. The minimum Gasteiger partial charge on any atom is -0.465 e. The number of benzene rings is 1. The first-order valence-electron chi connectivity index (χ1n) is 9.45. The number of aryl methyl sites for hydroxylation is 1. The first-order chi connectivity index (χ1) is 11.3. The maximum atomic E-state index is 11.4. The van der Waals surface area contributed by atoms with E-state index >= 15 is 0 Å². The number of methoxy groups -OCH3 is 1. The van der Waals surface area contributed by atoms with Crippen molar-refractivity contribution in [3.63, 3.8) is 0 Å². The molecule has 0 unspecified atom stereocenters. The average Bonchev–Trinajstić information content (AvgIpc) is 2.59. The van der Waals surface area contributed by atoms with Crippen LogP contribution in [0.25, 0.3) is 0 Å². The lowest BCUT2D eigenvalue weighted by Gasteiger charge is -2.04. The van der Waals surface area contributed by atoms with Gasteiger partial charge in [-0.05, 0) is 30.5 Å². The molecule has 0 heterocycles. The van der Waals surface area contributed by atoms with Crippen molar-refractivity contribution in [1.29, 1.82) is 0 Å². The zero-order chi connectivity index (χ0) is 16.8. The van der Waals surface area contributed by atoms with Crippen LogP contribution in [0, 0.1) is 0 Å². The number of carbonyl (C=O) groups excluding carboxylic acids is 1. The Bertz CT molecular complexity index is 408. The molecule has 1 aromatic carbocycles. The first-order valence-corrected chi connectivity index (χ1v) is 9.45. The molecule has 2 heteroatoms. The number of ether oxygens (including phenoxy) is 1. The summed E-state index contributed by atoms with van der Waals surface area (Å²) in [5, 5.41) is 0. The smallest absolute Gasteiger partial charge is 0.337 e. The average molecular weight is 319 g/mol. The van der Waals surface area contributed by atoms with E-state index in [4.69, 9.17) is 4.74 Å². The summed E-state index contributed by atoms with van der Waals surface area (Å²) in [6.07, 6.45) is 16.2. The summed E-state index contributed by atoms with van der Waals surface area (Å²) in [5.41, 5.74) is 1.95. The van der Waals surface area contributed by atoms with Crippen LogP contribution in [0.1, 0.15) is 93.5 Å². The summed E-state index contributed by atoms with van der Waals surface area (Å²) in [6, 6.07) is 7.81. The fourth-order valence-corrected chi connectivity index (χ4v) is 2.92. The van der Waals surface area contributed by atoms with Gasteiger partial charge in [0.15, 0.2) is 0 Å². The van der Waals surface area contributed by atoms with Crippen LogP contribution in [0.4, 0.5) is 0 Å². The van der Waals surface area contributed by atoms with Crippen molar-refractivity contribution < 1.29 is 9.53 Å². The lowest BCUT2D eigenvalue weighted by Crippen LogP contribution is -2.00. The van der Waals surface area contributed by atoms with Gasteiger partial charge in [0, 0.05) is 0 Å². The van der Waals surface area contributed by atoms with Gasteiger partial charge in [0.1, 0.15) is 0 Å². The number of esters is 1. The van der Waals surface area contributed by atoms with Crippen LogP contribution in [0.2, 0.25) is 0 Å². The normalized spacial score (nSPS) is 10.7. The minimum absolute atomic E-state index is 0.258. The van der Waals surface area contributed by atoms with E-state index in [1.165, 1.54) is 83.3 Å². The maximum absolute atomic E-state index is 11.4. The third-order valence-corrected chi connectivity index (χ3v) is 4.44. The molecule has 1 aromatic rings. The van der Waals surface area contributed by atoms with Gasteiger partial charge in [0.25, 0.3) is 0 Å². The molecule has 23 heavy (non-hydrogen) atoms. The number of rotatable bonds is 13. The summed E-state index contributed by atoms with van der Waals surface area (Å²) >= 11 is 0.